The summed E-state index contributed by atoms with van der Waals surface area (Å²) >= 11 is 0. The Labute approximate surface area is 196 Å². The Balaban J connectivity index is 1.43. The Morgan fingerprint density at radius 2 is 1.47 bits per heavy atom. The van der Waals surface area contributed by atoms with Gasteiger partial charge in [0.05, 0.1) is 6.04 Å². The molecule has 0 aliphatic rings. The number of esters is 1. The molecule has 0 aromatic heterocycles. The highest BCUT2D eigenvalue weighted by atomic mass is 19.1. The summed E-state index contributed by atoms with van der Waals surface area (Å²) in [6, 6.07) is 21.0. The number of nitrogens with one attached hydrogen (secondary N) is 2. The van der Waals surface area contributed by atoms with E-state index < -0.39 is 36.5 Å². The van der Waals surface area contributed by atoms with Crippen LogP contribution in [0.3, 0.4) is 0 Å². The molecule has 0 fully saturated rings. The minimum atomic E-state index is -1.07. The molecule has 0 spiro atoms. The third kappa shape index (κ3) is 7.16. The predicted molar refractivity (Wildman–Crippen MR) is 124 cm³/mol. The number of carbonyl (C=O) groups is 3. The molecule has 7 nitrogen and oxygen atoms in total. The van der Waals surface area contributed by atoms with Crippen LogP contribution in [0.2, 0.25) is 0 Å². The van der Waals surface area contributed by atoms with Crippen LogP contribution in [-0.4, -0.2) is 30.4 Å². The highest BCUT2D eigenvalue weighted by Gasteiger charge is 2.20. The topological polar surface area (TPSA) is 93.7 Å². The quantitative estimate of drug-likeness (QED) is 0.464. The van der Waals surface area contributed by atoms with Gasteiger partial charge in [0, 0.05) is 5.56 Å². The number of hydrogen-bond donors (Lipinski definition) is 2. The molecule has 176 valence electrons. The molecule has 2 N–H and O–H groups in total. The number of para-hydroxylation sites is 1. The van der Waals surface area contributed by atoms with Crippen LogP contribution >= 0.6 is 0 Å². The molecular formula is C26H25FN2O5. The molecule has 0 radical (unpaired) electrons. The summed E-state index contributed by atoms with van der Waals surface area (Å²) in [6.07, 6.45) is -1.07. The van der Waals surface area contributed by atoms with Crippen LogP contribution in [0, 0.1) is 5.82 Å². The molecule has 0 aliphatic heterocycles. The van der Waals surface area contributed by atoms with Crippen LogP contribution in [-0.2, 0) is 14.3 Å². The van der Waals surface area contributed by atoms with E-state index in [1.54, 1.807) is 43.3 Å². The van der Waals surface area contributed by atoms with E-state index in [-0.39, 0.29) is 5.82 Å². The van der Waals surface area contributed by atoms with E-state index >= 15 is 0 Å². The summed E-state index contributed by atoms with van der Waals surface area (Å²) in [5.41, 5.74) is 1.05. The molecule has 0 heterocycles. The lowest BCUT2D eigenvalue weighted by Crippen LogP contribution is -2.39. The standard InChI is InChI=1S/C26H25FN2O5/c1-17(19-8-12-21(27)13-9-19)29-25(31)18(2)33-24(30)16-28-26(32)20-10-14-23(15-11-20)34-22-6-4-3-5-7-22/h3-15,17-18H,16H2,1-2H3,(H,28,32)(H,29,31). The smallest absolute Gasteiger partial charge is 0.326 e. The Bertz CT molecular complexity index is 1120. The molecule has 0 saturated heterocycles. The van der Waals surface area contributed by atoms with E-state index in [4.69, 9.17) is 9.47 Å². The van der Waals surface area contributed by atoms with Crippen LogP contribution in [0.4, 0.5) is 4.39 Å². The largest absolute Gasteiger partial charge is 0.457 e. The number of amides is 2. The summed E-state index contributed by atoms with van der Waals surface area (Å²) in [4.78, 5) is 36.7. The van der Waals surface area contributed by atoms with Gasteiger partial charge in [0.25, 0.3) is 11.8 Å². The number of hydrogen-bond acceptors (Lipinski definition) is 5. The maximum atomic E-state index is 13.0. The van der Waals surface area contributed by atoms with Gasteiger partial charge in [-0.3, -0.25) is 14.4 Å². The third-order valence-electron chi connectivity index (χ3n) is 4.89. The second kappa shape index (κ2) is 11.6. The van der Waals surface area contributed by atoms with Crippen molar-refractivity contribution in [2.24, 2.45) is 0 Å². The molecular weight excluding hydrogens is 439 g/mol. The first-order chi connectivity index (χ1) is 16.3. The van der Waals surface area contributed by atoms with Gasteiger partial charge in [-0.25, -0.2) is 4.39 Å². The van der Waals surface area contributed by atoms with E-state index in [0.717, 1.165) is 0 Å². The van der Waals surface area contributed by atoms with Crippen LogP contribution in [0.1, 0.15) is 35.8 Å². The Morgan fingerprint density at radius 1 is 0.853 bits per heavy atom. The predicted octanol–water partition coefficient (Wildman–Crippen LogP) is 4.16. The second-order valence-corrected chi connectivity index (χ2v) is 7.54. The van der Waals surface area contributed by atoms with Crippen molar-refractivity contribution >= 4 is 17.8 Å². The molecule has 3 aromatic rings. The minimum absolute atomic E-state index is 0.340. The Kier molecular flexibility index (Phi) is 8.34. The van der Waals surface area contributed by atoms with Crippen LogP contribution < -0.4 is 15.4 Å². The lowest BCUT2D eigenvalue weighted by Gasteiger charge is -2.18. The van der Waals surface area contributed by atoms with Gasteiger partial charge in [-0.1, -0.05) is 30.3 Å². The molecule has 3 rings (SSSR count). The summed E-state index contributed by atoms with van der Waals surface area (Å²) in [6.45, 7) is 2.76. The minimum Gasteiger partial charge on any atom is -0.457 e. The van der Waals surface area contributed by atoms with Crippen molar-refractivity contribution < 1.29 is 28.2 Å². The van der Waals surface area contributed by atoms with Gasteiger partial charge in [0.15, 0.2) is 6.10 Å². The fraction of sp³-hybridized carbons (Fsp3) is 0.192. The first-order valence-corrected chi connectivity index (χ1v) is 10.7. The van der Waals surface area contributed by atoms with E-state index in [1.807, 2.05) is 30.3 Å². The van der Waals surface area contributed by atoms with Crippen LogP contribution in [0.25, 0.3) is 0 Å². The summed E-state index contributed by atoms with van der Waals surface area (Å²) in [5.74, 6) is -0.863. The number of benzene rings is 3. The molecule has 3 aromatic carbocycles. The van der Waals surface area contributed by atoms with Crippen molar-refractivity contribution in [1.29, 1.82) is 0 Å². The van der Waals surface area contributed by atoms with E-state index in [0.29, 0.717) is 22.6 Å². The van der Waals surface area contributed by atoms with Crippen molar-refractivity contribution in [3.63, 3.8) is 0 Å². The second-order valence-electron chi connectivity index (χ2n) is 7.54. The fourth-order valence-corrected chi connectivity index (χ4v) is 3.01. The lowest BCUT2D eigenvalue weighted by molar-refractivity contribution is -0.154. The normalized spacial score (nSPS) is 12.2. The molecule has 0 bridgehead atoms. The SMILES string of the molecule is CC(OC(=O)CNC(=O)c1ccc(Oc2ccccc2)cc1)C(=O)NC(C)c1ccc(F)cc1. The first-order valence-electron chi connectivity index (χ1n) is 10.7. The molecule has 2 unspecified atom stereocenters. The zero-order valence-electron chi connectivity index (χ0n) is 18.8. The maximum Gasteiger partial charge on any atom is 0.326 e. The number of ether oxygens (including phenoxy) is 2. The van der Waals surface area contributed by atoms with Crippen molar-refractivity contribution in [2.45, 2.75) is 26.0 Å². The van der Waals surface area contributed by atoms with Crippen molar-refractivity contribution in [3.05, 3.63) is 95.8 Å². The van der Waals surface area contributed by atoms with Crippen LogP contribution in [0.15, 0.2) is 78.9 Å². The zero-order valence-corrected chi connectivity index (χ0v) is 18.8. The van der Waals surface area contributed by atoms with Gasteiger partial charge in [-0.15, -0.1) is 0 Å². The van der Waals surface area contributed by atoms with Crippen molar-refractivity contribution in [1.82, 2.24) is 10.6 Å². The maximum absolute atomic E-state index is 13.0. The average Bonchev–Trinajstić information content (AvgIpc) is 2.84. The van der Waals surface area contributed by atoms with Crippen molar-refractivity contribution in [2.75, 3.05) is 6.54 Å². The van der Waals surface area contributed by atoms with E-state index in [1.165, 1.54) is 19.1 Å². The van der Waals surface area contributed by atoms with E-state index in [2.05, 4.69) is 10.6 Å². The number of carbonyl (C=O) groups excluding carboxylic acids is 3. The van der Waals surface area contributed by atoms with Crippen LogP contribution in [0.5, 0.6) is 11.5 Å². The molecule has 0 saturated carbocycles. The molecule has 2 amide bonds. The summed E-state index contributed by atoms with van der Waals surface area (Å²) in [5, 5.41) is 5.16. The zero-order chi connectivity index (χ0) is 24.5. The number of rotatable bonds is 9. The lowest BCUT2D eigenvalue weighted by atomic mass is 10.1. The van der Waals surface area contributed by atoms with E-state index in [9.17, 15) is 18.8 Å². The van der Waals surface area contributed by atoms with Gasteiger partial charge >= 0.3 is 5.97 Å². The Morgan fingerprint density at radius 3 is 2.12 bits per heavy atom. The highest BCUT2D eigenvalue weighted by molar-refractivity contribution is 5.96. The summed E-state index contributed by atoms with van der Waals surface area (Å²) < 4.78 is 23.8. The van der Waals surface area contributed by atoms with Gasteiger partial charge in [-0.05, 0) is 67.9 Å². The molecule has 34 heavy (non-hydrogen) atoms. The monoisotopic (exact) mass is 464 g/mol. The third-order valence-corrected chi connectivity index (χ3v) is 4.89. The molecule has 2 atom stereocenters. The molecule has 0 aliphatic carbocycles. The van der Waals surface area contributed by atoms with Gasteiger partial charge in [0.1, 0.15) is 23.9 Å². The summed E-state index contributed by atoms with van der Waals surface area (Å²) in [7, 11) is 0. The number of halogens is 1. The van der Waals surface area contributed by atoms with Crippen molar-refractivity contribution in [3.8, 4) is 11.5 Å². The first kappa shape index (κ1) is 24.4. The Hall–Kier alpha value is -4.20. The van der Waals surface area contributed by atoms with Gasteiger partial charge < -0.3 is 20.1 Å². The van der Waals surface area contributed by atoms with Gasteiger partial charge in [0.2, 0.25) is 0 Å². The average molecular weight is 464 g/mol. The highest BCUT2D eigenvalue weighted by Crippen LogP contribution is 2.21. The van der Waals surface area contributed by atoms with Gasteiger partial charge in [-0.2, -0.15) is 0 Å². The molecule has 8 heteroatoms. The fourth-order valence-electron chi connectivity index (χ4n) is 3.01.